The molecule has 0 aromatic heterocycles. The molecule has 0 aromatic carbocycles. The van der Waals surface area contributed by atoms with Gasteiger partial charge in [0, 0.05) is 22.4 Å². The van der Waals surface area contributed by atoms with Gasteiger partial charge in [0.05, 0.1) is 24.1 Å². The van der Waals surface area contributed by atoms with E-state index < -0.39 is 47.2 Å². The van der Waals surface area contributed by atoms with Gasteiger partial charge in [-0.05, 0) is 0 Å². The number of carboxylic acids is 4. The smallest absolute Gasteiger partial charge is 0.549 e. The Labute approximate surface area is 173 Å². The summed E-state index contributed by atoms with van der Waals surface area (Å²) in [4.78, 5) is 39.3. The second kappa shape index (κ2) is 21.2. The number of thiol groups is 2. The third-order valence-corrected chi connectivity index (χ3v) is 2.09. The van der Waals surface area contributed by atoms with E-state index in [1.54, 1.807) is 0 Å². The first kappa shape index (κ1) is 38.0. The predicted molar refractivity (Wildman–Crippen MR) is 69.9 cm³/mol. The third-order valence-electron chi connectivity index (χ3n) is 1.29. The van der Waals surface area contributed by atoms with E-state index in [2.05, 4.69) is 25.3 Å². The summed E-state index contributed by atoms with van der Waals surface area (Å²) in [7, 11) is 0. The van der Waals surface area contributed by atoms with Gasteiger partial charge in [-0.3, -0.25) is 14.4 Å². The van der Waals surface area contributed by atoms with Crippen LogP contribution in [0.3, 0.4) is 0 Å². The molecule has 14 heteroatoms. The summed E-state index contributed by atoms with van der Waals surface area (Å²) in [6.45, 7) is 0. The molecule has 0 heterocycles. The summed E-state index contributed by atoms with van der Waals surface area (Å²) < 4.78 is 0. The van der Waals surface area contributed by atoms with Crippen molar-refractivity contribution < 1.29 is 102 Å². The normalized spacial score (nSPS) is 10.3. The first-order valence-electron chi connectivity index (χ1n) is 4.31. The van der Waals surface area contributed by atoms with Crippen molar-refractivity contribution in [3.8, 4) is 0 Å². The maximum atomic E-state index is 9.90. The van der Waals surface area contributed by atoms with Gasteiger partial charge >= 0.3 is 47.5 Å². The molecule has 0 amide bonds. The Hall–Kier alpha value is 0.240. The minimum Gasteiger partial charge on any atom is -0.549 e. The fourth-order valence-corrected chi connectivity index (χ4v) is 0.814. The zero-order chi connectivity index (χ0) is 14.9. The molecule has 0 aromatic rings. The van der Waals surface area contributed by atoms with Crippen molar-refractivity contribution in [2.24, 2.45) is 0 Å². The maximum Gasteiger partial charge on any atom is 1.00 e. The topological polar surface area (TPSA) is 215 Å². The summed E-state index contributed by atoms with van der Waals surface area (Å²) >= 11 is 6.91. The number of aliphatic carboxylic acids is 4. The Morgan fingerprint density at radius 1 is 0.864 bits per heavy atom. The van der Waals surface area contributed by atoms with Gasteiger partial charge in [-0.2, -0.15) is 25.3 Å². The molecule has 0 saturated carbocycles. The molecule has 0 fully saturated rings. The summed E-state index contributed by atoms with van der Waals surface area (Å²) in [5, 5.41) is 31.6. The van der Waals surface area contributed by atoms with Crippen molar-refractivity contribution in [3.05, 3.63) is 0 Å². The largest absolute Gasteiger partial charge is 1.00 e. The van der Waals surface area contributed by atoms with Gasteiger partial charge < -0.3 is 36.2 Å². The third kappa shape index (κ3) is 28.4. The molecule has 0 bridgehead atoms. The van der Waals surface area contributed by atoms with Crippen LogP contribution in [-0.4, -0.2) is 60.6 Å². The molecule has 10 nitrogen and oxygen atoms in total. The van der Waals surface area contributed by atoms with Crippen LogP contribution in [0.4, 0.5) is 0 Å². The Kier molecular flexibility index (Phi) is 36.7. The van der Waals surface area contributed by atoms with E-state index in [0.717, 1.165) is 0 Å². The molecule has 2 atom stereocenters. The van der Waals surface area contributed by atoms with E-state index in [4.69, 9.17) is 15.3 Å². The summed E-state index contributed by atoms with van der Waals surface area (Å²) in [6.07, 6.45) is -0.954. The van der Waals surface area contributed by atoms with Crippen LogP contribution in [0.15, 0.2) is 0 Å². The van der Waals surface area contributed by atoms with Crippen LogP contribution < -0.4 is 34.7 Å². The molecule has 0 rings (SSSR count). The molecule has 1 radical (unpaired) electrons. The van der Waals surface area contributed by atoms with E-state index in [9.17, 15) is 24.3 Å². The van der Waals surface area contributed by atoms with E-state index in [-0.39, 0.29) is 62.9 Å². The van der Waals surface area contributed by atoms with Gasteiger partial charge in [-0.15, -0.1) is 0 Å². The summed E-state index contributed by atoms with van der Waals surface area (Å²) in [6, 6.07) is 0. The van der Waals surface area contributed by atoms with E-state index >= 15 is 0 Å². The minimum atomic E-state index is -1.46. The minimum absolute atomic E-state index is 0. The molecule has 0 aliphatic carbocycles. The van der Waals surface area contributed by atoms with E-state index in [0.29, 0.717) is 0 Å². The quantitative estimate of drug-likeness (QED) is 0.157. The van der Waals surface area contributed by atoms with Crippen molar-refractivity contribution in [1.82, 2.24) is 0 Å². The fourth-order valence-electron chi connectivity index (χ4n) is 0.501. The maximum absolute atomic E-state index is 9.90. The van der Waals surface area contributed by atoms with Gasteiger partial charge in [0.1, 0.15) is 5.25 Å². The predicted octanol–water partition coefficient (Wildman–Crippen LogP) is -6.29. The molecule has 0 spiro atoms. The zero-order valence-electron chi connectivity index (χ0n) is 11.1. The van der Waals surface area contributed by atoms with Crippen LogP contribution >= 0.6 is 25.3 Å². The van der Waals surface area contributed by atoms with Gasteiger partial charge in [0.25, 0.3) is 0 Å². The van der Waals surface area contributed by atoms with Gasteiger partial charge in [0.2, 0.25) is 0 Å². The van der Waals surface area contributed by atoms with Crippen LogP contribution in [0, 0.1) is 0 Å². The second-order valence-corrected chi connectivity index (χ2v) is 4.13. The number of carboxylic acid groups (broad SMARTS) is 4. The Morgan fingerprint density at radius 3 is 1.23 bits per heavy atom. The van der Waals surface area contributed by atoms with Crippen LogP contribution in [0.1, 0.15) is 12.8 Å². The Morgan fingerprint density at radius 2 is 1.14 bits per heavy atom. The van der Waals surface area contributed by atoms with Crippen LogP contribution in [0.25, 0.3) is 0 Å². The molecule has 0 aliphatic heterocycles. The molecular formula is C8H15AuNaO10S2. The summed E-state index contributed by atoms with van der Waals surface area (Å²) in [5.41, 5.74) is 0. The number of hydrogen-bond acceptors (Lipinski definition) is 7. The van der Waals surface area contributed by atoms with Crippen LogP contribution in [-0.2, 0) is 41.6 Å². The average Bonchev–Trinajstić information content (AvgIpc) is 2.16. The van der Waals surface area contributed by atoms with Gasteiger partial charge in [0.15, 0.2) is 0 Å². The van der Waals surface area contributed by atoms with E-state index in [1.807, 2.05) is 0 Å². The number of rotatable bonds is 6. The number of carbonyl (C=O) groups is 4. The molecular weight excluding hydrogens is 540 g/mol. The second-order valence-electron chi connectivity index (χ2n) is 2.88. The summed E-state index contributed by atoms with van der Waals surface area (Å²) in [5.74, 6) is -5.02. The first-order valence-corrected chi connectivity index (χ1v) is 5.34. The van der Waals surface area contributed by atoms with Crippen LogP contribution in [0.5, 0.6) is 0 Å². The van der Waals surface area contributed by atoms with Crippen molar-refractivity contribution in [1.29, 1.82) is 0 Å². The molecule has 2 unspecified atom stereocenters. The van der Waals surface area contributed by atoms with Gasteiger partial charge in [-0.1, -0.05) is 0 Å². The molecule has 22 heavy (non-hydrogen) atoms. The number of hydrogen-bond donors (Lipinski definition) is 5. The molecule has 0 saturated heterocycles. The first-order chi connectivity index (χ1) is 8.07. The SMILES string of the molecule is O.O.O=C(O)CC(S)C(=O)O.O=C(O)CC(S)C(=O)[O-].[Au].[Na+]. The van der Waals surface area contributed by atoms with Crippen molar-refractivity contribution in [2.75, 3.05) is 0 Å². The van der Waals surface area contributed by atoms with Crippen molar-refractivity contribution in [2.45, 2.75) is 23.3 Å². The Balaban J connectivity index is -0.0000000492. The molecule has 131 valence electrons. The van der Waals surface area contributed by atoms with Crippen LogP contribution in [0.2, 0.25) is 0 Å². The van der Waals surface area contributed by atoms with Crippen molar-refractivity contribution in [3.63, 3.8) is 0 Å². The zero-order valence-corrected chi connectivity index (χ0v) is 17.1. The molecule has 7 N–H and O–H groups in total. The standard InChI is InChI=1S/2C4H6O4S.Au.Na.2H2O/c2*5-3(6)1-2(9)4(7)8;;;;/h2*2,9H,1H2,(H,5,6)(H,7,8);;;2*1H2/q;;;+1;;/p-1. The van der Waals surface area contributed by atoms with E-state index in [1.165, 1.54) is 0 Å². The van der Waals surface area contributed by atoms with Crippen molar-refractivity contribution >= 4 is 49.1 Å². The monoisotopic (exact) mass is 555 g/mol. The molecule has 0 aliphatic rings. The average molecular weight is 555 g/mol. The Bertz CT molecular complexity index is 311. The fraction of sp³-hybridized carbons (Fsp3) is 0.500. The van der Waals surface area contributed by atoms with Gasteiger partial charge in [-0.25, -0.2) is 0 Å². The number of carbonyl (C=O) groups excluding carboxylic acids is 1.